The molecule has 0 aliphatic carbocycles. The van der Waals surface area contributed by atoms with Gasteiger partial charge in [0.15, 0.2) is 0 Å². The van der Waals surface area contributed by atoms with Crippen molar-refractivity contribution in [2.75, 3.05) is 0 Å². The lowest BCUT2D eigenvalue weighted by molar-refractivity contribution is -0.123. The number of amides is 1. The minimum atomic E-state index is -0.496. The van der Waals surface area contributed by atoms with E-state index in [1.807, 2.05) is 36.4 Å². The lowest BCUT2D eigenvalue weighted by atomic mass is 10.1. The number of carbonyl (C=O) groups is 1. The van der Waals surface area contributed by atoms with Gasteiger partial charge in [-0.25, -0.2) is 0 Å². The van der Waals surface area contributed by atoms with Crippen molar-refractivity contribution in [3.8, 4) is 0 Å². The minimum Gasteiger partial charge on any atom is -0.350 e. The quantitative estimate of drug-likeness (QED) is 0.673. The third-order valence-corrected chi connectivity index (χ3v) is 4.14. The molecule has 1 atom stereocenters. The fourth-order valence-corrected chi connectivity index (χ4v) is 2.66. The molecule has 3 aromatic rings. The number of nitrogens with zero attached hydrogens (tertiary/aromatic N) is 2. The third kappa shape index (κ3) is 5.12. The van der Waals surface area contributed by atoms with Crippen molar-refractivity contribution in [1.82, 2.24) is 20.6 Å². The SMILES string of the molecule is O=C(NCc1cccnc1)C(NCc1cccnc1)c1ccc(Cl)cc1. The zero-order chi connectivity index (χ0) is 18.2. The molecule has 0 bridgehead atoms. The van der Waals surface area contributed by atoms with Crippen LogP contribution in [0.4, 0.5) is 0 Å². The Morgan fingerprint density at radius 2 is 1.54 bits per heavy atom. The number of nitrogens with one attached hydrogen (secondary N) is 2. The molecule has 2 heterocycles. The average molecular weight is 367 g/mol. The number of hydrogen-bond acceptors (Lipinski definition) is 4. The van der Waals surface area contributed by atoms with E-state index in [-0.39, 0.29) is 5.91 Å². The van der Waals surface area contributed by atoms with Gasteiger partial charge in [-0.2, -0.15) is 0 Å². The van der Waals surface area contributed by atoms with E-state index in [0.29, 0.717) is 18.1 Å². The minimum absolute atomic E-state index is 0.111. The van der Waals surface area contributed by atoms with Gasteiger partial charge in [-0.3, -0.25) is 20.1 Å². The maximum atomic E-state index is 12.8. The second-order valence-corrected chi connectivity index (χ2v) is 6.24. The van der Waals surface area contributed by atoms with Crippen molar-refractivity contribution in [1.29, 1.82) is 0 Å². The van der Waals surface area contributed by atoms with Gasteiger partial charge in [0.2, 0.25) is 5.91 Å². The molecule has 0 fully saturated rings. The van der Waals surface area contributed by atoms with Gasteiger partial charge in [0.25, 0.3) is 0 Å². The summed E-state index contributed by atoms with van der Waals surface area (Å²) in [5, 5.41) is 6.89. The van der Waals surface area contributed by atoms with Gasteiger partial charge >= 0.3 is 0 Å². The molecule has 0 aliphatic rings. The molecule has 3 rings (SSSR count). The number of benzene rings is 1. The highest BCUT2D eigenvalue weighted by molar-refractivity contribution is 6.30. The zero-order valence-electron chi connectivity index (χ0n) is 14.1. The summed E-state index contributed by atoms with van der Waals surface area (Å²) in [5.41, 5.74) is 2.80. The van der Waals surface area contributed by atoms with Crippen LogP contribution in [0.25, 0.3) is 0 Å². The molecule has 2 N–H and O–H groups in total. The van der Waals surface area contributed by atoms with Crippen LogP contribution >= 0.6 is 11.6 Å². The van der Waals surface area contributed by atoms with Crippen molar-refractivity contribution >= 4 is 17.5 Å². The standard InChI is InChI=1S/C20H19ClN4O/c21-18-7-5-17(6-8-18)19(24-13-15-3-1-9-22-11-15)20(26)25-14-16-4-2-10-23-12-16/h1-12,19,24H,13-14H2,(H,25,26). The number of hydrogen-bond donors (Lipinski definition) is 2. The molecule has 2 aromatic heterocycles. The summed E-state index contributed by atoms with van der Waals surface area (Å²) in [7, 11) is 0. The molecule has 0 saturated carbocycles. The molecule has 1 aromatic carbocycles. The first-order valence-corrected chi connectivity index (χ1v) is 8.64. The molecular formula is C20H19ClN4O. The molecule has 26 heavy (non-hydrogen) atoms. The summed E-state index contributed by atoms with van der Waals surface area (Å²) >= 11 is 5.97. The van der Waals surface area contributed by atoms with E-state index in [9.17, 15) is 4.79 Å². The predicted octanol–water partition coefficient (Wildman–Crippen LogP) is 3.28. The van der Waals surface area contributed by atoms with Gasteiger partial charge in [0.1, 0.15) is 6.04 Å². The second kappa shape index (κ2) is 9.08. The molecular weight excluding hydrogens is 348 g/mol. The maximum Gasteiger partial charge on any atom is 0.242 e. The molecule has 0 spiro atoms. The number of pyridine rings is 2. The van der Waals surface area contributed by atoms with E-state index in [4.69, 9.17) is 11.6 Å². The summed E-state index contributed by atoms with van der Waals surface area (Å²) in [4.78, 5) is 20.9. The number of aromatic nitrogens is 2. The molecule has 5 nitrogen and oxygen atoms in total. The Kier molecular flexibility index (Phi) is 6.30. The average Bonchev–Trinajstić information content (AvgIpc) is 2.69. The van der Waals surface area contributed by atoms with E-state index < -0.39 is 6.04 Å². The zero-order valence-corrected chi connectivity index (χ0v) is 14.9. The van der Waals surface area contributed by atoms with Gasteiger partial charge in [-0.05, 0) is 41.0 Å². The molecule has 1 unspecified atom stereocenters. The van der Waals surface area contributed by atoms with E-state index in [1.165, 1.54) is 0 Å². The van der Waals surface area contributed by atoms with E-state index in [2.05, 4.69) is 20.6 Å². The highest BCUT2D eigenvalue weighted by atomic mass is 35.5. The van der Waals surface area contributed by atoms with Crippen LogP contribution in [-0.4, -0.2) is 15.9 Å². The van der Waals surface area contributed by atoms with Crippen molar-refractivity contribution in [3.05, 3.63) is 95.0 Å². The van der Waals surface area contributed by atoms with Crippen LogP contribution in [0.1, 0.15) is 22.7 Å². The lowest BCUT2D eigenvalue weighted by Crippen LogP contribution is -2.37. The maximum absolute atomic E-state index is 12.8. The molecule has 6 heteroatoms. The van der Waals surface area contributed by atoms with Gasteiger partial charge in [-0.1, -0.05) is 35.9 Å². The molecule has 1 amide bonds. The van der Waals surface area contributed by atoms with Crippen molar-refractivity contribution in [2.24, 2.45) is 0 Å². The Balaban J connectivity index is 1.71. The van der Waals surface area contributed by atoms with E-state index >= 15 is 0 Å². The molecule has 132 valence electrons. The van der Waals surface area contributed by atoms with Crippen LogP contribution in [0.5, 0.6) is 0 Å². The van der Waals surface area contributed by atoms with Gasteiger partial charge in [0, 0.05) is 42.9 Å². The highest BCUT2D eigenvalue weighted by Crippen LogP contribution is 2.18. The van der Waals surface area contributed by atoms with E-state index in [1.54, 1.807) is 36.9 Å². The summed E-state index contributed by atoms with van der Waals surface area (Å²) in [6, 6.07) is 14.4. The summed E-state index contributed by atoms with van der Waals surface area (Å²) in [5.74, 6) is -0.111. The summed E-state index contributed by atoms with van der Waals surface area (Å²) in [6.45, 7) is 0.951. The fourth-order valence-electron chi connectivity index (χ4n) is 2.53. The Labute approximate surface area is 157 Å². The van der Waals surface area contributed by atoms with Crippen LogP contribution < -0.4 is 10.6 Å². The van der Waals surface area contributed by atoms with E-state index in [0.717, 1.165) is 16.7 Å². The Bertz CT molecular complexity index is 825. The second-order valence-electron chi connectivity index (χ2n) is 5.81. The van der Waals surface area contributed by atoms with Crippen LogP contribution in [0.2, 0.25) is 5.02 Å². The van der Waals surface area contributed by atoms with Crippen LogP contribution in [0, 0.1) is 0 Å². The van der Waals surface area contributed by atoms with Gasteiger partial charge in [-0.15, -0.1) is 0 Å². The molecule has 0 radical (unpaired) electrons. The summed E-state index contributed by atoms with van der Waals surface area (Å²) in [6.07, 6.45) is 6.94. The Hall–Kier alpha value is -2.76. The van der Waals surface area contributed by atoms with Crippen molar-refractivity contribution in [2.45, 2.75) is 19.1 Å². The fraction of sp³-hybridized carbons (Fsp3) is 0.150. The third-order valence-electron chi connectivity index (χ3n) is 3.89. The molecule has 0 aliphatic heterocycles. The van der Waals surface area contributed by atoms with Crippen LogP contribution in [0.15, 0.2) is 73.3 Å². The monoisotopic (exact) mass is 366 g/mol. The van der Waals surface area contributed by atoms with Crippen molar-refractivity contribution in [3.63, 3.8) is 0 Å². The lowest BCUT2D eigenvalue weighted by Gasteiger charge is -2.19. The topological polar surface area (TPSA) is 66.9 Å². The smallest absolute Gasteiger partial charge is 0.242 e. The van der Waals surface area contributed by atoms with Gasteiger partial charge in [0.05, 0.1) is 0 Å². The molecule has 0 saturated heterocycles. The van der Waals surface area contributed by atoms with Crippen molar-refractivity contribution < 1.29 is 4.79 Å². The normalized spacial score (nSPS) is 11.7. The number of carbonyl (C=O) groups excluding carboxylic acids is 1. The highest BCUT2D eigenvalue weighted by Gasteiger charge is 2.20. The van der Waals surface area contributed by atoms with Gasteiger partial charge < -0.3 is 5.32 Å². The first-order valence-electron chi connectivity index (χ1n) is 8.27. The Morgan fingerprint density at radius 1 is 0.923 bits per heavy atom. The number of halogens is 1. The number of rotatable bonds is 7. The van der Waals surface area contributed by atoms with Crippen LogP contribution in [-0.2, 0) is 17.9 Å². The Morgan fingerprint density at radius 3 is 2.12 bits per heavy atom. The first-order chi connectivity index (χ1) is 12.7. The first kappa shape index (κ1) is 18.0. The largest absolute Gasteiger partial charge is 0.350 e. The predicted molar refractivity (Wildman–Crippen MR) is 101 cm³/mol. The summed E-state index contributed by atoms with van der Waals surface area (Å²) < 4.78 is 0. The van der Waals surface area contributed by atoms with Crippen LogP contribution in [0.3, 0.4) is 0 Å².